The SMILES string of the molecule is O=C(C[C@@H]1NC(=O)N(CCc2c[nH]c3ccccc23)C1=O)NC1CCCCCC1. The predicted molar refractivity (Wildman–Crippen MR) is 110 cm³/mol. The van der Waals surface area contributed by atoms with E-state index in [0.717, 1.165) is 42.1 Å². The molecule has 1 saturated heterocycles. The quantitative estimate of drug-likeness (QED) is 0.518. The van der Waals surface area contributed by atoms with Crippen molar-refractivity contribution in [1.29, 1.82) is 0 Å². The van der Waals surface area contributed by atoms with Gasteiger partial charge in [-0.2, -0.15) is 0 Å². The van der Waals surface area contributed by atoms with Crippen molar-refractivity contribution in [2.24, 2.45) is 0 Å². The van der Waals surface area contributed by atoms with Gasteiger partial charge in [-0.05, 0) is 30.9 Å². The molecule has 3 N–H and O–H groups in total. The van der Waals surface area contributed by atoms with Crippen LogP contribution in [0.25, 0.3) is 10.9 Å². The molecule has 0 bridgehead atoms. The Morgan fingerprint density at radius 3 is 2.66 bits per heavy atom. The zero-order valence-electron chi connectivity index (χ0n) is 16.6. The molecule has 1 aliphatic heterocycles. The lowest BCUT2D eigenvalue weighted by Crippen LogP contribution is -2.40. The van der Waals surface area contributed by atoms with E-state index in [1.54, 1.807) is 0 Å². The number of imide groups is 1. The first-order valence-electron chi connectivity index (χ1n) is 10.6. The monoisotopic (exact) mass is 396 g/mol. The third-order valence-corrected chi connectivity index (χ3v) is 6.00. The normalized spacial score (nSPS) is 20.7. The smallest absolute Gasteiger partial charge is 0.324 e. The summed E-state index contributed by atoms with van der Waals surface area (Å²) in [5.74, 6) is -0.472. The van der Waals surface area contributed by atoms with Crippen LogP contribution in [0.15, 0.2) is 30.5 Å². The summed E-state index contributed by atoms with van der Waals surface area (Å²) in [5, 5.41) is 6.81. The molecule has 2 aromatic rings. The van der Waals surface area contributed by atoms with E-state index in [1.807, 2.05) is 30.5 Å². The predicted octanol–water partition coefficient (Wildman–Crippen LogP) is 2.86. The molecule has 154 valence electrons. The Morgan fingerprint density at radius 2 is 1.86 bits per heavy atom. The average Bonchev–Trinajstić information content (AvgIpc) is 3.10. The van der Waals surface area contributed by atoms with E-state index in [9.17, 15) is 14.4 Å². The van der Waals surface area contributed by atoms with Crippen molar-refractivity contribution in [2.75, 3.05) is 6.54 Å². The van der Waals surface area contributed by atoms with Crippen LogP contribution in [0.3, 0.4) is 0 Å². The van der Waals surface area contributed by atoms with Crippen LogP contribution in [-0.2, 0) is 16.0 Å². The summed E-state index contributed by atoms with van der Waals surface area (Å²) < 4.78 is 0. The summed E-state index contributed by atoms with van der Waals surface area (Å²) in [6.07, 6.45) is 9.18. The van der Waals surface area contributed by atoms with Crippen LogP contribution in [-0.4, -0.2) is 46.4 Å². The molecule has 0 spiro atoms. The summed E-state index contributed by atoms with van der Waals surface area (Å²) in [4.78, 5) is 41.8. The molecule has 1 atom stereocenters. The fraction of sp³-hybridized carbons (Fsp3) is 0.500. The Bertz CT molecular complexity index is 898. The molecule has 1 aromatic carbocycles. The lowest BCUT2D eigenvalue weighted by molar-refractivity contribution is -0.131. The average molecular weight is 396 g/mol. The van der Waals surface area contributed by atoms with Gasteiger partial charge in [0.1, 0.15) is 6.04 Å². The number of carbonyl (C=O) groups is 3. The van der Waals surface area contributed by atoms with Crippen molar-refractivity contribution in [3.05, 3.63) is 36.0 Å². The molecule has 1 saturated carbocycles. The van der Waals surface area contributed by atoms with Gasteiger partial charge in [0, 0.05) is 29.7 Å². The second-order valence-electron chi connectivity index (χ2n) is 8.06. The summed E-state index contributed by atoms with van der Waals surface area (Å²) >= 11 is 0. The first-order chi connectivity index (χ1) is 14.1. The molecular formula is C22H28N4O3. The van der Waals surface area contributed by atoms with Gasteiger partial charge in [-0.15, -0.1) is 0 Å². The molecule has 0 radical (unpaired) electrons. The molecule has 4 amide bonds. The number of fused-ring (bicyclic) bond motifs is 1. The number of H-pyrrole nitrogens is 1. The van der Waals surface area contributed by atoms with Crippen molar-refractivity contribution in [2.45, 2.75) is 63.5 Å². The highest BCUT2D eigenvalue weighted by Crippen LogP contribution is 2.20. The summed E-state index contributed by atoms with van der Waals surface area (Å²) in [7, 11) is 0. The van der Waals surface area contributed by atoms with Crippen molar-refractivity contribution in [1.82, 2.24) is 20.5 Å². The Kier molecular flexibility index (Phi) is 5.83. The standard InChI is InChI=1S/C22H28N4O3/c27-20(24-16-7-3-1-2-4-8-16)13-19-21(28)26(22(29)25-19)12-11-15-14-23-18-10-6-5-9-17(15)18/h5-6,9-10,14,16,19,23H,1-4,7-8,11-13H2,(H,24,27)(H,25,29)/t19-/m0/s1. The van der Waals surface area contributed by atoms with Crippen LogP contribution in [0.1, 0.15) is 50.5 Å². The molecule has 1 aromatic heterocycles. The lowest BCUT2D eigenvalue weighted by atomic mass is 10.1. The maximum atomic E-state index is 12.7. The summed E-state index contributed by atoms with van der Waals surface area (Å²) in [6, 6.07) is 6.96. The highest BCUT2D eigenvalue weighted by molar-refractivity contribution is 6.05. The molecule has 2 fully saturated rings. The second kappa shape index (κ2) is 8.68. The molecule has 29 heavy (non-hydrogen) atoms. The minimum absolute atomic E-state index is 0.00462. The van der Waals surface area contributed by atoms with E-state index < -0.39 is 12.1 Å². The molecule has 7 nitrogen and oxygen atoms in total. The van der Waals surface area contributed by atoms with Gasteiger partial charge in [-0.25, -0.2) is 4.79 Å². The molecule has 2 heterocycles. The number of aromatic amines is 1. The second-order valence-corrected chi connectivity index (χ2v) is 8.06. The number of hydrogen-bond donors (Lipinski definition) is 3. The Labute approximate surface area is 170 Å². The van der Waals surface area contributed by atoms with E-state index in [0.29, 0.717) is 13.0 Å². The van der Waals surface area contributed by atoms with Crippen molar-refractivity contribution < 1.29 is 14.4 Å². The number of benzene rings is 1. The van der Waals surface area contributed by atoms with Gasteiger partial charge in [-0.1, -0.05) is 43.9 Å². The largest absolute Gasteiger partial charge is 0.361 e. The van der Waals surface area contributed by atoms with E-state index in [1.165, 1.54) is 17.7 Å². The van der Waals surface area contributed by atoms with Gasteiger partial charge < -0.3 is 15.6 Å². The Hall–Kier alpha value is -2.83. The minimum Gasteiger partial charge on any atom is -0.361 e. The fourth-order valence-corrected chi connectivity index (χ4v) is 4.39. The van der Waals surface area contributed by atoms with E-state index >= 15 is 0 Å². The maximum Gasteiger partial charge on any atom is 0.324 e. The van der Waals surface area contributed by atoms with Gasteiger partial charge in [0.2, 0.25) is 5.91 Å². The number of aromatic nitrogens is 1. The zero-order valence-corrected chi connectivity index (χ0v) is 16.6. The van der Waals surface area contributed by atoms with E-state index in [4.69, 9.17) is 0 Å². The van der Waals surface area contributed by atoms with Crippen molar-refractivity contribution in [3.63, 3.8) is 0 Å². The first kappa shape index (κ1) is 19.5. The minimum atomic E-state index is -0.767. The topological polar surface area (TPSA) is 94.3 Å². The number of rotatable bonds is 6. The van der Waals surface area contributed by atoms with Crippen LogP contribution < -0.4 is 10.6 Å². The summed E-state index contributed by atoms with van der Waals surface area (Å²) in [6.45, 7) is 0.299. The number of carbonyl (C=O) groups excluding carboxylic acids is 3. The van der Waals surface area contributed by atoms with E-state index in [2.05, 4.69) is 15.6 Å². The number of nitrogens with one attached hydrogen (secondary N) is 3. The highest BCUT2D eigenvalue weighted by Gasteiger charge is 2.39. The van der Waals surface area contributed by atoms with Gasteiger partial charge in [-0.3, -0.25) is 14.5 Å². The molecule has 4 rings (SSSR count). The maximum absolute atomic E-state index is 12.7. The van der Waals surface area contributed by atoms with Gasteiger partial charge in [0.05, 0.1) is 6.42 Å². The van der Waals surface area contributed by atoms with Crippen LogP contribution in [0.4, 0.5) is 4.79 Å². The molecule has 7 heteroatoms. The van der Waals surface area contributed by atoms with Crippen molar-refractivity contribution in [3.8, 4) is 0 Å². The Balaban J connectivity index is 1.31. The number of para-hydroxylation sites is 1. The number of nitrogens with zero attached hydrogens (tertiary/aromatic N) is 1. The van der Waals surface area contributed by atoms with Gasteiger partial charge >= 0.3 is 6.03 Å². The van der Waals surface area contributed by atoms with Crippen LogP contribution in [0.2, 0.25) is 0 Å². The third kappa shape index (κ3) is 4.44. The molecular weight excluding hydrogens is 368 g/mol. The van der Waals surface area contributed by atoms with Crippen molar-refractivity contribution >= 4 is 28.7 Å². The summed E-state index contributed by atoms with van der Waals surface area (Å²) in [5.41, 5.74) is 2.10. The Morgan fingerprint density at radius 1 is 1.10 bits per heavy atom. The highest BCUT2D eigenvalue weighted by atomic mass is 16.2. The molecule has 0 unspecified atom stereocenters. The van der Waals surface area contributed by atoms with Gasteiger partial charge in [0.25, 0.3) is 5.91 Å². The van der Waals surface area contributed by atoms with Crippen LogP contribution in [0.5, 0.6) is 0 Å². The number of hydrogen-bond acceptors (Lipinski definition) is 3. The van der Waals surface area contributed by atoms with Crippen LogP contribution in [0, 0.1) is 0 Å². The number of urea groups is 1. The fourth-order valence-electron chi connectivity index (χ4n) is 4.39. The van der Waals surface area contributed by atoms with Crippen LogP contribution >= 0.6 is 0 Å². The third-order valence-electron chi connectivity index (χ3n) is 6.00. The van der Waals surface area contributed by atoms with Gasteiger partial charge in [0.15, 0.2) is 0 Å². The zero-order chi connectivity index (χ0) is 20.2. The lowest BCUT2D eigenvalue weighted by Gasteiger charge is -2.17. The first-order valence-corrected chi connectivity index (χ1v) is 10.6. The molecule has 2 aliphatic rings. The number of amides is 4. The van der Waals surface area contributed by atoms with E-state index in [-0.39, 0.29) is 24.3 Å². The molecule has 1 aliphatic carbocycles.